The van der Waals surface area contributed by atoms with Crippen LogP contribution >= 0.6 is 11.6 Å². The maximum atomic E-state index is 10.6. The zero-order chi connectivity index (χ0) is 8.85. The van der Waals surface area contributed by atoms with E-state index in [1.807, 2.05) is 0 Å². The number of halogens is 1. The minimum Gasteiger partial charge on any atom is -0.300 e. The fraction of sp³-hybridized carbons (Fsp3) is 0.571. The lowest BCUT2D eigenvalue weighted by Crippen LogP contribution is -2.04. The van der Waals surface area contributed by atoms with Crippen LogP contribution < -0.4 is 0 Å². The molecule has 0 aromatic carbocycles. The molecule has 0 saturated carbocycles. The number of Topliss-reactive ketones (excluding diaryl/α,β-unsaturated/α-hetero) is 1. The molecule has 0 spiro atoms. The first kappa shape index (κ1) is 10.3. The highest BCUT2D eigenvalue weighted by molar-refractivity contribution is 6.28. The molecular weight excluding hydrogens is 166 g/mol. The number of ketones is 1. The van der Waals surface area contributed by atoms with Crippen LogP contribution in [-0.2, 0) is 9.59 Å². The number of hydrogen-bond acceptors (Lipinski definition) is 2. The average molecular weight is 176 g/mol. The van der Waals surface area contributed by atoms with E-state index >= 15 is 0 Å². The molecule has 0 saturated heterocycles. The molecule has 0 aliphatic heterocycles. The number of rotatable bonds is 3. The summed E-state index contributed by atoms with van der Waals surface area (Å²) < 4.78 is 0. The Morgan fingerprint density at radius 3 is 2.27 bits per heavy atom. The zero-order valence-corrected chi connectivity index (χ0v) is 7.31. The molecule has 0 aromatic rings. The lowest BCUT2D eigenvalue weighted by molar-refractivity contribution is -0.115. The van der Waals surface area contributed by atoms with Crippen LogP contribution in [0.4, 0.5) is 0 Å². The van der Waals surface area contributed by atoms with Crippen LogP contribution in [0.3, 0.4) is 0 Å². The lowest BCUT2D eigenvalue weighted by Gasteiger charge is -1.93. The molecule has 3 nitrogen and oxygen atoms in total. The van der Waals surface area contributed by atoms with Crippen molar-refractivity contribution < 1.29 is 9.59 Å². The van der Waals surface area contributed by atoms with E-state index in [1.165, 1.54) is 6.92 Å². The Hall–Kier alpha value is -0.700. The molecule has 0 aromatic heterocycles. The van der Waals surface area contributed by atoms with Crippen molar-refractivity contribution in [3.63, 3.8) is 0 Å². The van der Waals surface area contributed by atoms with Crippen molar-refractivity contribution in [2.24, 2.45) is 4.99 Å². The van der Waals surface area contributed by atoms with Crippen molar-refractivity contribution in [1.29, 1.82) is 0 Å². The first-order valence-electron chi connectivity index (χ1n) is 3.18. The van der Waals surface area contributed by atoms with Crippen LogP contribution in [0.15, 0.2) is 4.99 Å². The topological polar surface area (TPSA) is 46.5 Å². The Balaban J connectivity index is 4.00. The van der Waals surface area contributed by atoms with Gasteiger partial charge in [-0.05, 0) is 13.8 Å². The largest absolute Gasteiger partial charge is 0.300 e. The molecule has 0 heterocycles. The number of aliphatic imine (C=N–C) groups is 1. The number of nitrogens with zero attached hydrogens (tertiary/aromatic N) is 1. The van der Waals surface area contributed by atoms with Crippen LogP contribution in [-0.4, -0.2) is 23.3 Å². The smallest absolute Gasteiger partial charge is 0.260 e. The van der Waals surface area contributed by atoms with Crippen molar-refractivity contribution in [3.05, 3.63) is 0 Å². The first-order chi connectivity index (χ1) is 5.06. The Morgan fingerprint density at radius 2 is 1.91 bits per heavy atom. The van der Waals surface area contributed by atoms with Crippen molar-refractivity contribution in [2.45, 2.75) is 20.3 Å². The standard InChI is InChI=1S/C7H10ClNO2/c1-5(3-6(2)10)9-7(11)4-8/h3-4H2,1-2H3. The Labute approximate surface area is 70.5 Å². The fourth-order valence-corrected chi connectivity index (χ4v) is 0.702. The van der Waals surface area contributed by atoms with E-state index < -0.39 is 5.91 Å². The van der Waals surface area contributed by atoms with Crippen molar-refractivity contribution >= 4 is 29.0 Å². The lowest BCUT2D eigenvalue weighted by atomic mass is 10.2. The molecule has 0 fully saturated rings. The Morgan fingerprint density at radius 1 is 1.36 bits per heavy atom. The number of hydrogen-bond donors (Lipinski definition) is 0. The van der Waals surface area contributed by atoms with Gasteiger partial charge in [-0.25, -0.2) is 4.99 Å². The molecule has 11 heavy (non-hydrogen) atoms. The third-order valence-electron chi connectivity index (χ3n) is 0.935. The second-order valence-corrected chi connectivity index (χ2v) is 2.52. The summed E-state index contributed by atoms with van der Waals surface area (Å²) >= 11 is 5.19. The highest BCUT2D eigenvalue weighted by atomic mass is 35.5. The molecule has 0 aliphatic carbocycles. The predicted octanol–water partition coefficient (Wildman–Crippen LogP) is 1.19. The average Bonchev–Trinajstić information content (AvgIpc) is 1.85. The van der Waals surface area contributed by atoms with Gasteiger partial charge < -0.3 is 0 Å². The van der Waals surface area contributed by atoms with Crippen LogP contribution in [0.2, 0.25) is 0 Å². The van der Waals surface area contributed by atoms with Gasteiger partial charge in [-0.15, -0.1) is 11.6 Å². The summed E-state index contributed by atoms with van der Waals surface area (Å²) in [5.74, 6) is -0.533. The van der Waals surface area contributed by atoms with Crippen molar-refractivity contribution in [3.8, 4) is 0 Å². The maximum Gasteiger partial charge on any atom is 0.260 e. The van der Waals surface area contributed by atoms with Crippen molar-refractivity contribution in [2.75, 3.05) is 5.88 Å². The van der Waals surface area contributed by atoms with Gasteiger partial charge in [0.05, 0.1) is 0 Å². The number of carbonyl (C=O) groups excluding carboxylic acids is 2. The molecule has 1 amide bonds. The molecule has 4 heteroatoms. The molecule has 0 radical (unpaired) electrons. The summed E-state index contributed by atoms with van der Waals surface area (Å²) in [6.45, 7) is 3.08. The quantitative estimate of drug-likeness (QED) is 0.478. The fourth-order valence-electron chi connectivity index (χ4n) is 0.643. The van der Waals surface area contributed by atoms with Crippen molar-refractivity contribution in [1.82, 2.24) is 0 Å². The van der Waals surface area contributed by atoms with Crippen LogP contribution in [0, 0.1) is 0 Å². The molecule has 0 rings (SSSR count). The maximum absolute atomic E-state index is 10.6. The Kier molecular flexibility index (Phi) is 4.70. The molecule has 0 atom stereocenters. The summed E-state index contributed by atoms with van der Waals surface area (Å²) in [5.41, 5.74) is 0.517. The second kappa shape index (κ2) is 5.02. The van der Waals surface area contributed by atoms with Gasteiger partial charge in [-0.2, -0.15) is 0 Å². The van der Waals surface area contributed by atoms with Gasteiger partial charge >= 0.3 is 0 Å². The first-order valence-corrected chi connectivity index (χ1v) is 3.72. The van der Waals surface area contributed by atoms with E-state index in [2.05, 4.69) is 4.99 Å². The van der Waals surface area contributed by atoms with Crippen LogP contribution in [0.25, 0.3) is 0 Å². The highest BCUT2D eigenvalue weighted by Gasteiger charge is 1.99. The molecule has 0 N–H and O–H groups in total. The van der Waals surface area contributed by atoms with Gasteiger partial charge in [0.25, 0.3) is 5.91 Å². The summed E-state index contributed by atoms with van der Waals surface area (Å²) in [7, 11) is 0. The van der Waals surface area contributed by atoms with Crippen LogP contribution in [0.1, 0.15) is 20.3 Å². The Bertz CT molecular complexity index is 199. The van der Waals surface area contributed by atoms with Gasteiger partial charge in [-0.1, -0.05) is 0 Å². The second-order valence-electron chi connectivity index (χ2n) is 2.25. The van der Waals surface area contributed by atoms with E-state index in [-0.39, 0.29) is 18.1 Å². The minimum atomic E-state index is -0.398. The van der Waals surface area contributed by atoms with Gasteiger partial charge in [-0.3, -0.25) is 9.59 Å². The summed E-state index contributed by atoms with van der Waals surface area (Å²) in [6, 6.07) is 0. The number of amides is 1. The summed E-state index contributed by atoms with van der Waals surface area (Å²) in [6.07, 6.45) is 0.225. The summed E-state index contributed by atoms with van der Waals surface area (Å²) in [5, 5.41) is 0. The van der Waals surface area contributed by atoms with Gasteiger partial charge in [0.2, 0.25) is 0 Å². The van der Waals surface area contributed by atoms with E-state index in [0.717, 1.165) is 0 Å². The van der Waals surface area contributed by atoms with E-state index in [1.54, 1.807) is 6.92 Å². The van der Waals surface area contributed by atoms with E-state index in [0.29, 0.717) is 5.71 Å². The third-order valence-corrected chi connectivity index (χ3v) is 1.16. The third kappa shape index (κ3) is 5.73. The number of alkyl halides is 1. The minimum absolute atomic E-state index is 0.00591. The zero-order valence-electron chi connectivity index (χ0n) is 6.56. The molecule has 62 valence electrons. The molecule has 0 bridgehead atoms. The highest BCUT2D eigenvalue weighted by Crippen LogP contribution is 1.90. The molecular formula is C7H10ClNO2. The normalized spacial score (nSPS) is 11.4. The van der Waals surface area contributed by atoms with Gasteiger partial charge in [0, 0.05) is 12.1 Å². The van der Waals surface area contributed by atoms with E-state index in [4.69, 9.17) is 11.6 Å². The molecule has 0 unspecified atom stereocenters. The van der Waals surface area contributed by atoms with E-state index in [9.17, 15) is 9.59 Å². The number of carbonyl (C=O) groups is 2. The summed E-state index contributed by atoms with van der Waals surface area (Å²) in [4.78, 5) is 24.6. The van der Waals surface area contributed by atoms with Gasteiger partial charge in [0.15, 0.2) is 0 Å². The predicted molar refractivity (Wildman–Crippen MR) is 44.1 cm³/mol. The monoisotopic (exact) mass is 175 g/mol. The molecule has 0 aliphatic rings. The van der Waals surface area contributed by atoms with Crippen LogP contribution in [0.5, 0.6) is 0 Å². The van der Waals surface area contributed by atoms with Gasteiger partial charge in [0.1, 0.15) is 11.7 Å². The SMILES string of the molecule is CC(=O)CC(C)=NC(=O)CCl.